The Morgan fingerprint density at radius 2 is 2.25 bits per heavy atom. The van der Waals surface area contributed by atoms with Crippen molar-refractivity contribution in [1.29, 1.82) is 0 Å². The fourth-order valence-corrected chi connectivity index (χ4v) is 3.57. The van der Waals surface area contributed by atoms with Crippen molar-refractivity contribution in [2.24, 2.45) is 5.92 Å². The normalized spacial score (nSPS) is 28.2. The lowest BCUT2D eigenvalue weighted by Crippen LogP contribution is -2.38. The highest BCUT2D eigenvalue weighted by molar-refractivity contribution is 7.13. The maximum absolute atomic E-state index is 12.4. The molecule has 3 rings (SSSR count). The van der Waals surface area contributed by atoms with Crippen molar-refractivity contribution >= 4 is 22.6 Å². The van der Waals surface area contributed by atoms with Crippen LogP contribution in [0, 0.1) is 5.92 Å². The molecule has 2 aliphatic rings. The van der Waals surface area contributed by atoms with Crippen LogP contribution in [0.2, 0.25) is 0 Å². The van der Waals surface area contributed by atoms with E-state index in [-0.39, 0.29) is 12.1 Å². The Morgan fingerprint density at radius 1 is 1.50 bits per heavy atom. The van der Waals surface area contributed by atoms with Gasteiger partial charge in [0.1, 0.15) is 5.60 Å². The van der Waals surface area contributed by atoms with E-state index in [0.29, 0.717) is 12.0 Å². The SMILES string of the molecule is CNc1nc([C@@H]2C[C@@H]3C[C@@H]3N2C(=O)OC(C)(C)C)cs1. The molecule has 1 amide bonds. The second kappa shape index (κ2) is 4.62. The summed E-state index contributed by atoms with van der Waals surface area (Å²) in [6, 6.07) is 0.432. The molecule has 1 N–H and O–H groups in total. The summed E-state index contributed by atoms with van der Waals surface area (Å²) in [5, 5.41) is 5.98. The van der Waals surface area contributed by atoms with Crippen molar-refractivity contribution in [3.05, 3.63) is 11.1 Å². The Kier molecular flexibility index (Phi) is 3.16. The zero-order valence-electron chi connectivity index (χ0n) is 12.3. The van der Waals surface area contributed by atoms with Gasteiger partial charge in [0.25, 0.3) is 0 Å². The van der Waals surface area contributed by atoms with Gasteiger partial charge in [0, 0.05) is 18.5 Å². The highest BCUT2D eigenvalue weighted by Crippen LogP contribution is 2.54. The maximum Gasteiger partial charge on any atom is 0.411 e. The molecule has 5 nitrogen and oxygen atoms in total. The molecule has 0 bridgehead atoms. The van der Waals surface area contributed by atoms with Gasteiger partial charge >= 0.3 is 6.09 Å². The molecule has 2 heterocycles. The van der Waals surface area contributed by atoms with Gasteiger partial charge in [0.15, 0.2) is 5.13 Å². The number of carbonyl (C=O) groups is 1. The molecule has 1 aliphatic heterocycles. The highest BCUT2D eigenvalue weighted by Gasteiger charge is 2.55. The van der Waals surface area contributed by atoms with Crippen LogP contribution in [0.1, 0.15) is 45.3 Å². The fraction of sp³-hybridized carbons (Fsp3) is 0.714. The Bertz CT molecular complexity index is 523. The van der Waals surface area contributed by atoms with Crippen LogP contribution in [0.25, 0.3) is 0 Å². The number of fused-ring (bicyclic) bond motifs is 1. The van der Waals surface area contributed by atoms with E-state index in [1.807, 2.05) is 38.1 Å². The quantitative estimate of drug-likeness (QED) is 0.910. The lowest BCUT2D eigenvalue weighted by atomic mass is 10.1. The van der Waals surface area contributed by atoms with Gasteiger partial charge in [-0.1, -0.05) is 0 Å². The lowest BCUT2D eigenvalue weighted by molar-refractivity contribution is 0.0179. The number of thiazole rings is 1. The number of rotatable bonds is 2. The van der Waals surface area contributed by atoms with Gasteiger partial charge in [0.2, 0.25) is 0 Å². The van der Waals surface area contributed by atoms with Crippen molar-refractivity contribution in [1.82, 2.24) is 9.88 Å². The Balaban J connectivity index is 1.79. The average Bonchev–Trinajstić information content (AvgIpc) is 2.83. The number of piperidine rings is 1. The van der Waals surface area contributed by atoms with E-state index < -0.39 is 5.60 Å². The van der Waals surface area contributed by atoms with E-state index in [1.165, 1.54) is 0 Å². The molecule has 110 valence electrons. The minimum Gasteiger partial charge on any atom is -0.444 e. The molecule has 1 saturated carbocycles. The fourth-order valence-electron chi connectivity index (χ4n) is 2.85. The Hall–Kier alpha value is -1.30. The highest BCUT2D eigenvalue weighted by atomic mass is 32.1. The number of nitrogens with zero attached hydrogens (tertiary/aromatic N) is 2. The monoisotopic (exact) mass is 295 g/mol. The van der Waals surface area contributed by atoms with Crippen molar-refractivity contribution < 1.29 is 9.53 Å². The van der Waals surface area contributed by atoms with Gasteiger partial charge < -0.3 is 10.1 Å². The van der Waals surface area contributed by atoms with Gasteiger partial charge in [-0.25, -0.2) is 9.78 Å². The van der Waals surface area contributed by atoms with Crippen LogP contribution in [-0.4, -0.2) is 34.7 Å². The molecule has 0 aromatic carbocycles. The summed E-state index contributed by atoms with van der Waals surface area (Å²) in [6.07, 6.45) is 1.92. The summed E-state index contributed by atoms with van der Waals surface area (Å²) in [7, 11) is 1.86. The standard InChI is InChI=1S/C14H21N3O2S/c1-14(2,3)19-13(18)17-10-5-8(10)6-11(17)9-7-20-12(15-4)16-9/h7-8,10-11H,5-6H2,1-4H3,(H,15,16)/t8-,10-,11-/m0/s1. The van der Waals surface area contributed by atoms with Gasteiger partial charge in [-0.05, 0) is 39.5 Å². The zero-order valence-corrected chi connectivity index (χ0v) is 13.2. The predicted octanol–water partition coefficient (Wildman–Crippen LogP) is 3.26. The molecule has 1 saturated heterocycles. The van der Waals surface area contributed by atoms with Crippen LogP contribution >= 0.6 is 11.3 Å². The third-order valence-corrected chi connectivity index (χ3v) is 4.66. The van der Waals surface area contributed by atoms with Crippen LogP contribution in [0.4, 0.5) is 9.93 Å². The number of aromatic nitrogens is 1. The van der Waals surface area contributed by atoms with Gasteiger partial charge in [-0.15, -0.1) is 11.3 Å². The molecule has 1 aromatic rings. The first kappa shape index (κ1) is 13.7. The Labute approximate surface area is 123 Å². The Morgan fingerprint density at radius 3 is 2.85 bits per heavy atom. The number of anilines is 1. The van der Waals surface area contributed by atoms with E-state index in [1.54, 1.807) is 11.3 Å². The largest absolute Gasteiger partial charge is 0.444 e. The van der Waals surface area contributed by atoms with Crippen LogP contribution < -0.4 is 5.32 Å². The van der Waals surface area contributed by atoms with E-state index >= 15 is 0 Å². The van der Waals surface area contributed by atoms with Gasteiger partial charge in [-0.2, -0.15) is 0 Å². The van der Waals surface area contributed by atoms with Gasteiger partial charge in [0.05, 0.1) is 11.7 Å². The van der Waals surface area contributed by atoms with Crippen molar-refractivity contribution in [3.8, 4) is 0 Å². The molecule has 2 fully saturated rings. The number of ether oxygens (including phenoxy) is 1. The van der Waals surface area contributed by atoms with Crippen LogP contribution in [-0.2, 0) is 4.74 Å². The molecule has 1 aliphatic carbocycles. The molecule has 3 atom stereocenters. The molecule has 20 heavy (non-hydrogen) atoms. The molecular formula is C14H21N3O2S. The molecular weight excluding hydrogens is 274 g/mol. The average molecular weight is 295 g/mol. The number of hydrogen-bond donors (Lipinski definition) is 1. The topological polar surface area (TPSA) is 54.5 Å². The molecule has 0 unspecified atom stereocenters. The summed E-state index contributed by atoms with van der Waals surface area (Å²) < 4.78 is 5.55. The summed E-state index contributed by atoms with van der Waals surface area (Å²) >= 11 is 1.58. The lowest BCUT2D eigenvalue weighted by Gasteiger charge is -2.29. The molecule has 0 spiro atoms. The number of amides is 1. The van der Waals surface area contributed by atoms with E-state index in [9.17, 15) is 4.79 Å². The maximum atomic E-state index is 12.4. The first-order valence-electron chi connectivity index (χ1n) is 7.03. The number of nitrogens with one attached hydrogen (secondary N) is 1. The van der Waals surface area contributed by atoms with E-state index in [2.05, 4.69) is 10.3 Å². The van der Waals surface area contributed by atoms with Crippen molar-refractivity contribution in [2.45, 2.75) is 51.3 Å². The summed E-state index contributed by atoms with van der Waals surface area (Å²) in [4.78, 5) is 18.9. The second-order valence-corrected chi connectivity index (χ2v) is 7.39. The van der Waals surface area contributed by atoms with Crippen LogP contribution in [0.15, 0.2) is 5.38 Å². The third-order valence-electron chi connectivity index (χ3n) is 3.79. The van der Waals surface area contributed by atoms with Crippen LogP contribution in [0.3, 0.4) is 0 Å². The van der Waals surface area contributed by atoms with Gasteiger partial charge in [-0.3, -0.25) is 4.90 Å². The molecule has 0 radical (unpaired) electrons. The van der Waals surface area contributed by atoms with Crippen molar-refractivity contribution in [3.63, 3.8) is 0 Å². The minimum atomic E-state index is -0.452. The summed E-state index contributed by atoms with van der Waals surface area (Å²) in [5.41, 5.74) is 0.532. The minimum absolute atomic E-state index is 0.0759. The van der Waals surface area contributed by atoms with E-state index in [4.69, 9.17) is 4.74 Å². The molecule has 1 aromatic heterocycles. The summed E-state index contributed by atoms with van der Waals surface area (Å²) in [5.74, 6) is 0.632. The predicted molar refractivity (Wildman–Crippen MR) is 79.0 cm³/mol. The smallest absolute Gasteiger partial charge is 0.411 e. The van der Waals surface area contributed by atoms with Crippen molar-refractivity contribution in [2.75, 3.05) is 12.4 Å². The second-order valence-electron chi connectivity index (χ2n) is 6.53. The zero-order chi connectivity index (χ0) is 14.5. The van der Waals surface area contributed by atoms with Crippen LogP contribution in [0.5, 0.6) is 0 Å². The first-order chi connectivity index (χ1) is 9.39. The van der Waals surface area contributed by atoms with E-state index in [0.717, 1.165) is 23.7 Å². The summed E-state index contributed by atoms with van der Waals surface area (Å²) in [6.45, 7) is 5.72. The first-order valence-corrected chi connectivity index (χ1v) is 7.91. The number of carbonyl (C=O) groups excluding carboxylic acids is 1. The third kappa shape index (κ3) is 2.49. The number of likely N-dealkylation sites (tertiary alicyclic amines) is 1. The molecule has 6 heteroatoms. The number of hydrogen-bond acceptors (Lipinski definition) is 5.